The molecule has 0 saturated heterocycles. The zero-order valence-corrected chi connectivity index (χ0v) is 9.07. The number of hydrogen-bond acceptors (Lipinski definition) is 1. The second kappa shape index (κ2) is 6.19. The first kappa shape index (κ1) is 11.8. The SMILES string of the molecule is C[C-](C)CN(C)C.[Y+3]. The minimum absolute atomic E-state index is 0. The predicted octanol–water partition coefficient (Wildman–Crippen LogP) is 1.16. The normalized spacial score (nSPS) is 9.75. The second-order valence-corrected chi connectivity index (χ2v) is 2.44. The van der Waals surface area contributed by atoms with Crippen LogP contribution < -0.4 is 0 Å². The molecule has 0 atom stereocenters. The van der Waals surface area contributed by atoms with E-state index in [1.165, 1.54) is 5.92 Å². The summed E-state index contributed by atoms with van der Waals surface area (Å²) in [5.41, 5.74) is 0. The van der Waals surface area contributed by atoms with Crippen molar-refractivity contribution in [1.29, 1.82) is 0 Å². The zero-order chi connectivity index (χ0) is 5.86. The van der Waals surface area contributed by atoms with Crippen molar-refractivity contribution in [3.05, 3.63) is 5.92 Å². The molecule has 0 heterocycles. The summed E-state index contributed by atoms with van der Waals surface area (Å²) in [6, 6.07) is 0. The van der Waals surface area contributed by atoms with Crippen LogP contribution in [-0.2, 0) is 32.7 Å². The molecule has 0 aliphatic heterocycles. The van der Waals surface area contributed by atoms with Crippen LogP contribution in [0.5, 0.6) is 0 Å². The fourth-order valence-corrected chi connectivity index (χ4v) is 0.632. The van der Waals surface area contributed by atoms with Crippen LogP contribution in [0.3, 0.4) is 0 Å². The Morgan fingerprint density at radius 1 is 1.25 bits per heavy atom. The standard InChI is InChI=1S/C6H14N.Y/c1-6(2)5-7(3)4;/h5H2,1-4H3;/q-1;+3. The van der Waals surface area contributed by atoms with Gasteiger partial charge in [0.25, 0.3) is 0 Å². The van der Waals surface area contributed by atoms with Gasteiger partial charge in [0, 0.05) is 0 Å². The summed E-state index contributed by atoms with van der Waals surface area (Å²) in [5.74, 6) is 1.46. The topological polar surface area (TPSA) is 3.24 Å². The molecule has 0 N–H and O–H groups in total. The van der Waals surface area contributed by atoms with E-state index in [1.807, 2.05) is 0 Å². The summed E-state index contributed by atoms with van der Waals surface area (Å²) in [5, 5.41) is 0. The van der Waals surface area contributed by atoms with Crippen molar-refractivity contribution in [3.8, 4) is 0 Å². The Labute approximate surface area is 77.7 Å². The summed E-state index contributed by atoms with van der Waals surface area (Å²) in [6.07, 6.45) is 0. The molecule has 0 aromatic rings. The number of rotatable bonds is 2. The number of nitrogens with zero attached hydrogens (tertiary/aromatic N) is 1. The van der Waals surface area contributed by atoms with Gasteiger partial charge in [-0.2, -0.15) is 13.8 Å². The van der Waals surface area contributed by atoms with Crippen LogP contribution in [-0.4, -0.2) is 25.5 Å². The van der Waals surface area contributed by atoms with E-state index < -0.39 is 0 Å². The Morgan fingerprint density at radius 3 is 1.62 bits per heavy atom. The first-order valence-corrected chi connectivity index (χ1v) is 2.56. The Morgan fingerprint density at radius 2 is 1.62 bits per heavy atom. The van der Waals surface area contributed by atoms with Crippen molar-refractivity contribution in [1.82, 2.24) is 4.90 Å². The molecule has 0 aliphatic rings. The fraction of sp³-hybridized carbons (Fsp3) is 0.833. The molecular weight excluding hydrogens is 175 g/mol. The Bertz CT molecular complexity index is 37.8. The predicted molar refractivity (Wildman–Crippen MR) is 33.1 cm³/mol. The van der Waals surface area contributed by atoms with Gasteiger partial charge in [0.15, 0.2) is 0 Å². The summed E-state index contributed by atoms with van der Waals surface area (Å²) in [6.45, 7) is 5.39. The first-order valence-electron chi connectivity index (χ1n) is 2.56. The van der Waals surface area contributed by atoms with E-state index in [1.54, 1.807) is 0 Å². The smallest absolute Gasteiger partial charge is 0.338 e. The minimum Gasteiger partial charge on any atom is -0.338 e. The van der Waals surface area contributed by atoms with Gasteiger partial charge in [-0.05, 0) is 14.1 Å². The van der Waals surface area contributed by atoms with E-state index in [-0.39, 0.29) is 32.7 Å². The Balaban J connectivity index is 0. The van der Waals surface area contributed by atoms with E-state index in [0.29, 0.717) is 0 Å². The molecule has 0 aliphatic carbocycles. The van der Waals surface area contributed by atoms with Crippen molar-refractivity contribution in [2.75, 3.05) is 20.6 Å². The summed E-state index contributed by atoms with van der Waals surface area (Å²) in [4.78, 5) is 2.16. The van der Waals surface area contributed by atoms with Crippen molar-refractivity contribution < 1.29 is 32.7 Å². The Hall–Kier alpha value is 1.06. The van der Waals surface area contributed by atoms with E-state index in [2.05, 4.69) is 32.8 Å². The van der Waals surface area contributed by atoms with Crippen LogP contribution >= 0.6 is 0 Å². The Kier molecular flexibility index (Phi) is 9.14. The van der Waals surface area contributed by atoms with Crippen molar-refractivity contribution in [3.63, 3.8) is 0 Å². The first-order chi connectivity index (χ1) is 3.13. The van der Waals surface area contributed by atoms with Crippen molar-refractivity contribution >= 4 is 0 Å². The van der Waals surface area contributed by atoms with Gasteiger partial charge in [-0.25, -0.2) is 0 Å². The van der Waals surface area contributed by atoms with Crippen LogP contribution in [0, 0.1) is 5.92 Å². The van der Waals surface area contributed by atoms with Gasteiger partial charge in [-0.15, -0.1) is 6.54 Å². The molecular formula is C6H14NY+2. The molecule has 0 aromatic carbocycles. The molecule has 2 heteroatoms. The largest absolute Gasteiger partial charge is 3.00 e. The third-order valence-corrected chi connectivity index (χ3v) is 0.632. The van der Waals surface area contributed by atoms with Crippen LogP contribution in [0.15, 0.2) is 0 Å². The number of hydrogen-bond donors (Lipinski definition) is 0. The van der Waals surface area contributed by atoms with E-state index in [4.69, 9.17) is 0 Å². The molecule has 0 unspecified atom stereocenters. The van der Waals surface area contributed by atoms with Gasteiger partial charge < -0.3 is 10.8 Å². The van der Waals surface area contributed by atoms with Gasteiger partial charge in [0.05, 0.1) is 0 Å². The maximum Gasteiger partial charge on any atom is 3.00 e. The molecule has 0 amide bonds. The summed E-state index contributed by atoms with van der Waals surface area (Å²) in [7, 11) is 4.15. The quantitative estimate of drug-likeness (QED) is 0.589. The third kappa shape index (κ3) is 10.1. The minimum atomic E-state index is 0. The van der Waals surface area contributed by atoms with E-state index >= 15 is 0 Å². The van der Waals surface area contributed by atoms with Gasteiger partial charge in [0.2, 0.25) is 0 Å². The van der Waals surface area contributed by atoms with E-state index in [9.17, 15) is 0 Å². The fourth-order valence-electron chi connectivity index (χ4n) is 0.632. The monoisotopic (exact) mass is 189 g/mol. The second-order valence-electron chi connectivity index (χ2n) is 2.44. The zero-order valence-electron chi connectivity index (χ0n) is 6.23. The average Bonchev–Trinajstić information content (AvgIpc) is 1.27. The van der Waals surface area contributed by atoms with Gasteiger partial charge in [-0.1, -0.05) is 0 Å². The van der Waals surface area contributed by atoms with Crippen LogP contribution in [0.2, 0.25) is 0 Å². The molecule has 0 radical (unpaired) electrons. The molecule has 0 aromatic heterocycles. The van der Waals surface area contributed by atoms with E-state index in [0.717, 1.165) is 6.54 Å². The molecule has 8 heavy (non-hydrogen) atoms. The molecule has 1 nitrogen and oxygen atoms in total. The van der Waals surface area contributed by atoms with Gasteiger partial charge >= 0.3 is 32.7 Å². The molecule has 44 valence electrons. The van der Waals surface area contributed by atoms with Crippen molar-refractivity contribution in [2.24, 2.45) is 0 Å². The molecule has 0 spiro atoms. The van der Waals surface area contributed by atoms with Gasteiger partial charge in [0.1, 0.15) is 0 Å². The third-order valence-electron chi connectivity index (χ3n) is 0.632. The average molecular weight is 189 g/mol. The molecule has 0 fully saturated rings. The van der Waals surface area contributed by atoms with Gasteiger partial charge in [-0.3, -0.25) is 0 Å². The maximum absolute atomic E-state index is 2.16. The van der Waals surface area contributed by atoms with Crippen LogP contribution in [0.1, 0.15) is 13.8 Å². The molecule has 0 bridgehead atoms. The summed E-state index contributed by atoms with van der Waals surface area (Å²) >= 11 is 0. The maximum atomic E-state index is 2.16. The summed E-state index contributed by atoms with van der Waals surface area (Å²) < 4.78 is 0. The molecule has 0 rings (SSSR count). The van der Waals surface area contributed by atoms with Crippen LogP contribution in [0.25, 0.3) is 0 Å². The van der Waals surface area contributed by atoms with Crippen molar-refractivity contribution in [2.45, 2.75) is 13.8 Å². The molecule has 0 saturated carbocycles. The van der Waals surface area contributed by atoms with Crippen LogP contribution in [0.4, 0.5) is 0 Å².